The number of nitrogens with one attached hydrogen (secondary N) is 1. The van der Waals surface area contributed by atoms with Crippen LogP contribution in [0.3, 0.4) is 0 Å². The molecule has 5 nitrogen and oxygen atoms in total. The SMILES string of the molecule is CC(C)(C(=O)N1CCN2C(=O)CCC2C1)C1CCCNC1. The molecular formula is C16H27N3O2. The summed E-state index contributed by atoms with van der Waals surface area (Å²) in [6.45, 7) is 8.36. The van der Waals surface area contributed by atoms with Crippen molar-refractivity contribution in [2.75, 3.05) is 32.7 Å². The van der Waals surface area contributed by atoms with Gasteiger partial charge in [0.25, 0.3) is 0 Å². The highest BCUT2D eigenvalue weighted by Gasteiger charge is 2.43. The Morgan fingerprint density at radius 3 is 2.81 bits per heavy atom. The lowest BCUT2D eigenvalue weighted by Gasteiger charge is -2.43. The van der Waals surface area contributed by atoms with Gasteiger partial charge in [-0.15, -0.1) is 0 Å². The zero-order valence-corrected chi connectivity index (χ0v) is 13.2. The van der Waals surface area contributed by atoms with Gasteiger partial charge in [-0.3, -0.25) is 9.59 Å². The third-order valence-corrected chi connectivity index (χ3v) is 5.65. The molecule has 2 unspecified atom stereocenters. The molecule has 0 spiro atoms. The molecule has 3 heterocycles. The van der Waals surface area contributed by atoms with Crippen molar-refractivity contribution in [3.8, 4) is 0 Å². The van der Waals surface area contributed by atoms with E-state index in [-0.39, 0.29) is 23.3 Å². The van der Waals surface area contributed by atoms with Crippen LogP contribution in [0.2, 0.25) is 0 Å². The minimum absolute atomic E-state index is 0.260. The molecule has 3 saturated heterocycles. The number of carbonyl (C=O) groups excluding carboxylic acids is 2. The first-order chi connectivity index (χ1) is 10.00. The molecule has 0 aliphatic carbocycles. The number of rotatable bonds is 2. The number of hydrogen-bond donors (Lipinski definition) is 1. The Balaban J connectivity index is 1.66. The maximum absolute atomic E-state index is 13.0. The highest BCUT2D eigenvalue weighted by Crippen LogP contribution is 2.35. The van der Waals surface area contributed by atoms with Gasteiger partial charge in [0, 0.05) is 37.5 Å². The molecule has 3 aliphatic rings. The lowest BCUT2D eigenvalue weighted by molar-refractivity contribution is -0.148. The van der Waals surface area contributed by atoms with Crippen molar-refractivity contribution in [2.45, 2.75) is 45.6 Å². The van der Waals surface area contributed by atoms with Gasteiger partial charge in [-0.05, 0) is 38.3 Å². The summed E-state index contributed by atoms with van der Waals surface area (Å²) in [7, 11) is 0. The van der Waals surface area contributed by atoms with Crippen LogP contribution in [0.4, 0.5) is 0 Å². The molecule has 3 fully saturated rings. The standard InChI is InChI=1S/C16H27N3O2/c1-16(2,12-4-3-7-17-10-12)15(21)18-8-9-19-13(11-18)5-6-14(19)20/h12-13,17H,3-11H2,1-2H3. The Morgan fingerprint density at radius 2 is 2.10 bits per heavy atom. The van der Waals surface area contributed by atoms with E-state index in [1.54, 1.807) is 0 Å². The molecule has 0 aromatic rings. The van der Waals surface area contributed by atoms with E-state index in [4.69, 9.17) is 0 Å². The number of amides is 2. The van der Waals surface area contributed by atoms with Crippen molar-refractivity contribution in [1.29, 1.82) is 0 Å². The average Bonchev–Trinajstić information content (AvgIpc) is 2.88. The summed E-state index contributed by atoms with van der Waals surface area (Å²) in [6, 6.07) is 0.260. The highest BCUT2D eigenvalue weighted by molar-refractivity contribution is 5.83. The van der Waals surface area contributed by atoms with Crippen LogP contribution < -0.4 is 5.32 Å². The Kier molecular flexibility index (Phi) is 3.95. The van der Waals surface area contributed by atoms with Crippen LogP contribution in [0.25, 0.3) is 0 Å². The number of hydrogen-bond acceptors (Lipinski definition) is 3. The third kappa shape index (κ3) is 2.68. The minimum Gasteiger partial charge on any atom is -0.338 e. The van der Waals surface area contributed by atoms with Gasteiger partial charge in [0.05, 0.1) is 0 Å². The first-order valence-electron chi connectivity index (χ1n) is 8.29. The largest absolute Gasteiger partial charge is 0.338 e. The first-order valence-corrected chi connectivity index (χ1v) is 8.29. The number of carbonyl (C=O) groups is 2. The maximum Gasteiger partial charge on any atom is 0.228 e. The molecule has 3 aliphatic heterocycles. The first kappa shape index (κ1) is 14.8. The second kappa shape index (κ2) is 5.59. The smallest absolute Gasteiger partial charge is 0.228 e. The second-order valence-corrected chi connectivity index (χ2v) is 7.30. The summed E-state index contributed by atoms with van der Waals surface area (Å²) >= 11 is 0. The Bertz CT molecular complexity index is 429. The van der Waals surface area contributed by atoms with E-state index < -0.39 is 0 Å². The monoisotopic (exact) mass is 293 g/mol. The van der Waals surface area contributed by atoms with E-state index in [1.165, 1.54) is 0 Å². The van der Waals surface area contributed by atoms with Gasteiger partial charge in [0.15, 0.2) is 0 Å². The zero-order valence-electron chi connectivity index (χ0n) is 13.2. The fourth-order valence-corrected chi connectivity index (χ4v) is 4.10. The van der Waals surface area contributed by atoms with Crippen LogP contribution in [0.1, 0.15) is 39.5 Å². The van der Waals surface area contributed by atoms with Gasteiger partial charge in [-0.1, -0.05) is 13.8 Å². The van der Waals surface area contributed by atoms with E-state index in [2.05, 4.69) is 19.2 Å². The van der Waals surface area contributed by atoms with Crippen molar-refractivity contribution < 1.29 is 9.59 Å². The molecule has 118 valence electrons. The molecule has 0 aromatic heterocycles. The minimum atomic E-state index is -0.307. The summed E-state index contributed by atoms with van der Waals surface area (Å²) in [6.07, 6.45) is 3.86. The van der Waals surface area contributed by atoms with E-state index in [0.717, 1.165) is 38.9 Å². The summed E-state index contributed by atoms with van der Waals surface area (Å²) in [5.41, 5.74) is -0.307. The van der Waals surface area contributed by atoms with Gasteiger partial charge in [-0.25, -0.2) is 0 Å². The lowest BCUT2D eigenvalue weighted by atomic mass is 9.74. The molecule has 0 saturated carbocycles. The van der Waals surface area contributed by atoms with Crippen LogP contribution in [-0.2, 0) is 9.59 Å². The molecule has 5 heteroatoms. The molecule has 1 N–H and O–H groups in total. The van der Waals surface area contributed by atoms with Crippen LogP contribution in [0, 0.1) is 11.3 Å². The number of fused-ring (bicyclic) bond motifs is 1. The van der Waals surface area contributed by atoms with E-state index in [9.17, 15) is 9.59 Å². The molecular weight excluding hydrogens is 266 g/mol. The molecule has 21 heavy (non-hydrogen) atoms. The van der Waals surface area contributed by atoms with E-state index >= 15 is 0 Å². The highest BCUT2D eigenvalue weighted by atomic mass is 16.2. The summed E-state index contributed by atoms with van der Waals surface area (Å²) < 4.78 is 0. The predicted molar refractivity (Wildman–Crippen MR) is 80.7 cm³/mol. The van der Waals surface area contributed by atoms with Crippen molar-refractivity contribution in [1.82, 2.24) is 15.1 Å². The lowest BCUT2D eigenvalue weighted by Crippen LogP contribution is -2.57. The maximum atomic E-state index is 13.0. The van der Waals surface area contributed by atoms with Crippen molar-refractivity contribution in [2.24, 2.45) is 11.3 Å². The molecule has 0 radical (unpaired) electrons. The topological polar surface area (TPSA) is 52.7 Å². The Labute approximate surface area is 127 Å². The fourth-order valence-electron chi connectivity index (χ4n) is 4.10. The van der Waals surface area contributed by atoms with Crippen LogP contribution >= 0.6 is 0 Å². The third-order valence-electron chi connectivity index (χ3n) is 5.65. The van der Waals surface area contributed by atoms with Crippen LogP contribution in [-0.4, -0.2) is 60.4 Å². The van der Waals surface area contributed by atoms with Gasteiger partial charge in [0.2, 0.25) is 11.8 Å². The van der Waals surface area contributed by atoms with Crippen LogP contribution in [0.5, 0.6) is 0 Å². The molecule has 2 atom stereocenters. The van der Waals surface area contributed by atoms with Gasteiger partial charge in [0.1, 0.15) is 0 Å². The molecule has 3 rings (SSSR count). The van der Waals surface area contributed by atoms with Gasteiger partial charge in [-0.2, -0.15) is 0 Å². The summed E-state index contributed by atoms with van der Waals surface area (Å²) in [4.78, 5) is 28.7. The van der Waals surface area contributed by atoms with Gasteiger partial charge >= 0.3 is 0 Å². The van der Waals surface area contributed by atoms with Gasteiger partial charge < -0.3 is 15.1 Å². The predicted octanol–water partition coefficient (Wildman–Crippen LogP) is 0.845. The number of piperidine rings is 1. The van der Waals surface area contributed by atoms with Crippen molar-refractivity contribution in [3.05, 3.63) is 0 Å². The second-order valence-electron chi connectivity index (χ2n) is 7.30. The molecule has 0 aromatic carbocycles. The van der Waals surface area contributed by atoms with Crippen molar-refractivity contribution >= 4 is 11.8 Å². The number of nitrogens with zero attached hydrogens (tertiary/aromatic N) is 2. The summed E-state index contributed by atoms with van der Waals surface area (Å²) in [5.74, 6) is 0.958. The normalized spacial score (nSPS) is 30.5. The molecule has 2 amide bonds. The van der Waals surface area contributed by atoms with E-state index in [1.807, 2.05) is 9.80 Å². The van der Waals surface area contributed by atoms with Crippen LogP contribution in [0.15, 0.2) is 0 Å². The zero-order chi connectivity index (χ0) is 15.0. The Morgan fingerprint density at radius 1 is 1.29 bits per heavy atom. The number of piperazine rings is 1. The quantitative estimate of drug-likeness (QED) is 0.821. The fraction of sp³-hybridized carbons (Fsp3) is 0.875. The summed E-state index contributed by atoms with van der Waals surface area (Å²) in [5, 5.41) is 3.42. The average molecular weight is 293 g/mol. The molecule has 0 bridgehead atoms. The van der Waals surface area contributed by atoms with Crippen molar-refractivity contribution in [3.63, 3.8) is 0 Å². The van der Waals surface area contributed by atoms with E-state index in [0.29, 0.717) is 25.4 Å². The Hall–Kier alpha value is -1.10.